The maximum Gasteiger partial charge on any atom is 0.500 e. The van der Waals surface area contributed by atoms with E-state index in [1.54, 1.807) is 21.3 Å². The molecule has 0 bridgehead atoms. The number of rotatable bonds is 9. The standard InChI is InChI=1S/C20H36O5Si/c1-19(2,3)24-17-13-16(14-18(15-17)25-20(4,5)6)11-10-12-26(21-7,22-8)23-9/h13-15H,10-12H2,1-9H3. The van der Waals surface area contributed by atoms with Crippen molar-refractivity contribution in [2.75, 3.05) is 21.3 Å². The van der Waals surface area contributed by atoms with Crippen molar-refractivity contribution in [1.29, 1.82) is 0 Å². The lowest BCUT2D eigenvalue weighted by atomic mass is 10.1. The Morgan fingerprint density at radius 2 is 1.15 bits per heavy atom. The van der Waals surface area contributed by atoms with Crippen LogP contribution >= 0.6 is 0 Å². The molecule has 1 aromatic carbocycles. The van der Waals surface area contributed by atoms with E-state index >= 15 is 0 Å². The maximum atomic E-state index is 6.06. The molecule has 5 nitrogen and oxygen atoms in total. The van der Waals surface area contributed by atoms with Gasteiger partial charge >= 0.3 is 8.80 Å². The molecule has 0 aliphatic carbocycles. The van der Waals surface area contributed by atoms with Crippen LogP contribution in [0.4, 0.5) is 0 Å². The summed E-state index contributed by atoms with van der Waals surface area (Å²) < 4.78 is 28.6. The molecular formula is C20H36O5Si. The van der Waals surface area contributed by atoms with Gasteiger partial charge < -0.3 is 22.8 Å². The van der Waals surface area contributed by atoms with Crippen LogP contribution in [0.2, 0.25) is 6.04 Å². The third-order valence-corrected chi connectivity index (χ3v) is 6.50. The summed E-state index contributed by atoms with van der Waals surface area (Å²) in [7, 11) is 2.40. The Bertz CT molecular complexity index is 514. The van der Waals surface area contributed by atoms with Crippen molar-refractivity contribution >= 4 is 8.80 Å². The Labute approximate surface area is 160 Å². The van der Waals surface area contributed by atoms with Crippen molar-refractivity contribution in [1.82, 2.24) is 0 Å². The topological polar surface area (TPSA) is 46.2 Å². The first kappa shape index (κ1) is 23.0. The Morgan fingerprint density at radius 3 is 1.50 bits per heavy atom. The normalized spacial score (nSPS) is 13.0. The van der Waals surface area contributed by atoms with Gasteiger partial charge in [-0.3, -0.25) is 0 Å². The van der Waals surface area contributed by atoms with Crippen molar-refractivity contribution in [2.45, 2.75) is 71.6 Å². The van der Waals surface area contributed by atoms with E-state index in [1.165, 1.54) is 0 Å². The zero-order valence-corrected chi connectivity index (χ0v) is 18.9. The van der Waals surface area contributed by atoms with Crippen LogP contribution in [0.3, 0.4) is 0 Å². The van der Waals surface area contributed by atoms with Gasteiger partial charge in [-0.05, 0) is 72.1 Å². The average Bonchev–Trinajstić information content (AvgIpc) is 2.48. The van der Waals surface area contributed by atoms with Gasteiger partial charge in [0.05, 0.1) is 0 Å². The minimum Gasteiger partial charge on any atom is -0.488 e. The van der Waals surface area contributed by atoms with Gasteiger partial charge in [-0.15, -0.1) is 0 Å². The molecule has 0 saturated heterocycles. The van der Waals surface area contributed by atoms with Gasteiger partial charge in [0.1, 0.15) is 22.7 Å². The fourth-order valence-electron chi connectivity index (χ4n) is 2.67. The zero-order chi connectivity index (χ0) is 20.0. The predicted molar refractivity (Wildman–Crippen MR) is 107 cm³/mol. The fourth-order valence-corrected chi connectivity index (χ4v) is 4.39. The highest BCUT2D eigenvalue weighted by atomic mass is 28.4. The Kier molecular flexibility index (Phi) is 8.14. The van der Waals surface area contributed by atoms with Crippen LogP contribution in [-0.4, -0.2) is 41.3 Å². The molecule has 0 spiro atoms. The molecule has 0 N–H and O–H groups in total. The minimum absolute atomic E-state index is 0.262. The van der Waals surface area contributed by atoms with Crippen LogP contribution in [-0.2, 0) is 19.7 Å². The van der Waals surface area contributed by atoms with Gasteiger partial charge in [0.2, 0.25) is 0 Å². The van der Waals surface area contributed by atoms with Crippen LogP contribution in [0.5, 0.6) is 11.5 Å². The summed E-state index contributed by atoms with van der Waals surface area (Å²) in [5, 5.41) is 0. The summed E-state index contributed by atoms with van der Waals surface area (Å²) in [5.74, 6) is 1.64. The lowest BCUT2D eigenvalue weighted by molar-refractivity contribution is 0.121. The number of benzene rings is 1. The number of hydrogen-bond donors (Lipinski definition) is 0. The fraction of sp³-hybridized carbons (Fsp3) is 0.700. The third-order valence-electron chi connectivity index (χ3n) is 3.67. The van der Waals surface area contributed by atoms with E-state index < -0.39 is 8.80 Å². The van der Waals surface area contributed by atoms with E-state index in [0.29, 0.717) is 0 Å². The second-order valence-corrected chi connectivity index (χ2v) is 11.5. The highest BCUT2D eigenvalue weighted by molar-refractivity contribution is 6.60. The first-order valence-corrected chi connectivity index (χ1v) is 11.0. The molecule has 0 saturated carbocycles. The van der Waals surface area contributed by atoms with Gasteiger partial charge in [0.15, 0.2) is 0 Å². The Morgan fingerprint density at radius 1 is 0.731 bits per heavy atom. The molecule has 150 valence electrons. The van der Waals surface area contributed by atoms with E-state index in [2.05, 4.69) is 12.1 Å². The quantitative estimate of drug-likeness (QED) is 0.569. The zero-order valence-electron chi connectivity index (χ0n) is 17.9. The smallest absolute Gasteiger partial charge is 0.488 e. The minimum atomic E-state index is -2.54. The molecule has 0 aromatic heterocycles. The van der Waals surface area contributed by atoms with Crippen molar-refractivity contribution in [3.63, 3.8) is 0 Å². The summed E-state index contributed by atoms with van der Waals surface area (Å²) >= 11 is 0. The van der Waals surface area contributed by atoms with Gasteiger partial charge in [0, 0.05) is 33.4 Å². The van der Waals surface area contributed by atoms with E-state index in [0.717, 1.165) is 35.9 Å². The molecule has 0 aliphatic rings. The predicted octanol–water partition coefficient (Wildman–Crippen LogP) is 4.85. The van der Waals surface area contributed by atoms with Gasteiger partial charge in [0.25, 0.3) is 0 Å². The number of hydrogen-bond acceptors (Lipinski definition) is 5. The molecule has 1 rings (SSSR count). The van der Waals surface area contributed by atoms with E-state index in [-0.39, 0.29) is 11.2 Å². The first-order chi connectivity index (χ1) is 11.9. The lowest BCUT2D eigenvalue weighted by Crippen LogP contribution is -2.42. The van der Waals surface area contributed by atoms with Crippen molar-refractivity contribution in [2.24, 2.45) is 0 Å². The number of ether oxygens (including phenoxy) is 2. The largest absolute Gasteiger partial charge is 0.500 e. The Hall–Kier alpha value is -1.08. The van der Waals surface area contributed by atoms with E-state index in [9.17, 15) is 0 Å². The average molecular weight is 385 g/mol. The summed E-state index contributed by atoms with van der Waals surface area (Å²) in [6.45, 7) is 12.2. The second kappa shape index (κ2) is 9.22. The summed E-state index contributed by atoms with van der Waals surface area (Å²) in [4.78, 5) is 0. The van der Waals surface area contributed by atoms with E-state index in [1.807, 2.05) is 47.6 Å². The second-order valence-electron chi connectivity index (χ2n) is 8.39. The first-order valence-electron chi connectivity index (χ1n) is 9.09. The summed E-state index contributed by atoms with van der Waals surface area (Å²) in [6.07, 6.45) is 1.77. The summed E-state index contributed by atoms with van der Waals surface area (Å²) in [6, 6.07) is 6.88. The number of aryl methyl sites for hydroxylation is 1. The molecule has 0 unspecified atom stereocenters. The SMILES string of the molecule is CO[Si](CCCc1cc(OC(C)(C)C)cc(OC(C)(C)C)c1)(OC)OC. The third kappa shape index (κ3) is 8.08. The summed E-state index contributed by atoms with van der Waals surface area (Å²) in [5.41, 5.74) is 0.640. The van der Waals surface area contributed by atoms with Crippen LogP contribution in [0.1, 0.15) is 53.5 Å². The van der Waals surface area contributed by atoms with Gasteiger partial charge in [-0.25, -0.2) is 0 Å². The van der Waals surface area contributed by atoms with Crippen LogP contribution < -0.4 is 9.47 Å². The Balaban J connectivity index is 2.94. The van der Waals surface area contributed by atoms with Crippen LogP contribution in [0.25, 0.3) is 0 Å². The molecule has 0 heterocycles. The van der Waals surface area contributed by atoms with Crippen LogP contribution in [0, 0.1) is 0 Å². The molecule has 6 heteroatoms. The highest BCUT2D eigenvalue weighted by Gasteiger charge is 2.36. The molecule has 0 atom stereocenters. The molecule has 1 aromatic rings. The lowest BCUT2D eigenvalue weighted by Gasteiger charge is -2.26. The van der Waals surface area contributed by atoms with Crippen molar-refractivity contribution < 1.29 is 22.8 Å². The molecule has 0 aliphatic heterocycles. The molecule has 26 heavy (non-hydrogen) atoms. The maximum absolute atomic E-state index is 6.06. The van der Waals surface area contributed by atoms with Crippen molar-refractivity contribution in [3.05, 3.63) is 23.8 Å². The van der Waals surface area contributed by atoms with Crippen molar-refractivity contribution in [3.8, 4) is 11.5 Å². The van der Waals surface area contributed by atoms with Gasteiger partial charge in [-0.1, -0.05) is 0 Å². The molecule has 0 radical (unpaired) electrons. The van der Waals surface area contributed by atoms with E-state index in [4.69, 9.17) is 22.8 Å². The monoisotopic (exact) mass is 384 g/mol. The van der Waals surface area contributed by atoms with Gasteiger partial charge in [-0.2, -0.15) is 0 Å². The highest BCUT2D eigenvalue weighted by Crippen LogP contribution is 2.29. The van der Waals surface area contributed by atoms with Crippen LogP contribution in [0.15, 0.2) is 18.2 Å². The molecular weight excluding hydrogens is 348 g/mol. The molecule has 0 fully saturated rings. The molecule has 0 amide bonds.